The molecular formula is C19H17N3O2. The summed E-state index contributed by atoms with van der Waals surface area (Å²) in [6.07, 6.45) is 2.21. The molecular weight excluding hydrogens is 302 g/mol. The minimum atomic E-state index is -0.265. The van der Waals surface area contributed by atoms with Crippen LogP contribution in [0.2, 0.25) is 0 Å². The Morgan fingerprint density at radius 3 is 2.71 bits per heavy atom. The van der Waals surface area contributed by atoms with Gasteiger partial charge < -0.3 is 5.32 Å². The number of fused-ring (bicyclic) bond motifs is 1. The van der Waals surface area contributed by atoms with E-state index in [9.17, 15) is 9.59 Å². The quantitative estimate of drug-likeness (QED) is 0.801. The van der Waals surface area contributed by atoms with E-state index in [0.717, 1.165) is 6.42 Å². The summed E-state index contributed by atoms with van der Waals surface area (Å²) in [6, 6.07) is 17.7. The molecule has 0 bridgehead atoms. The van der Waals surface area contributed by atoms with Crippen LogP contribution < -0.4 is 10.9 Å². The van der Waals surface area contributed by atoms with Crippen LogP contribution in [-0.4, -0.2) is 21.5 Å². The van der Waals surface area contributed by atoms with Crippen LogP contribution in [0.1, 0.15) is 17.9 Å². The first-order valence-electron chi connectivity index (χ1n) is 8.01. The van der Waals surface area contributed by atoms with Gasteiger partial charge >= 0.3 is 0 Å². The fourth-order valence-electron chi connectivity index (χ4n) is 3.10. The normalized spacial score (nSPS) is 19.2. The van der Waals surface area contributed by atoms with Gasteiger partial charge in [0.15, 0.2) is 0 Å². The van der Waals surface area contributed by atoms with Crippen LogP contribution >= 0.6 is 0 Å². The second kappa shape index (κ2) is 5.92. The summed E-state index contributed by atoms with van der Waals surface area (Å²) >= 11 is 0. The molecule has 1 N–H and O–H groups in total. The lowest BCUT2D eigenvalue weighted by Crippen LogP contribution is -2.34. The third-order valence-corrected chi connectivity index (χ3v) is 4.42. The molecule has 1 aliphatic carbocycles. The monoisotopic (exact) mass is 319 g/mol. The van der Waals surface area contributed by atoms with E-state index in [0.29, 0.717) is 17.0 Å². The van der Waals surface area contributed by atoms with Gasteiger partial charge in [0, 0.05) is 12.0 Å². The number of nitrogens with zero attached hydrogens (tertiary/aromatic N) is 2. The largest absolute Gasteiger partial charge is 0.351 e. The van der Waals surface area contributed by atoms with Crippen LogP contribution in [0.15, 0.2) is 65.6 Å². The molecule has 5 heteroatoms. The van der Waals surface area contributed by atoms with Crippen molar-refractivity contribution in [3.63, 3.8) is 0 Å². The summed E-state index contributed by atoms with van der Waals surface area (Å²) in [6.45, 7) is 0.0138. The molecule has 2 aromatic carbocycles. The zero-order valence-corrected chi connectivity index (χ0v) is 13.1. The minimum Gasteiger partial charge on any atom is -0.351 e. The number of amides is 1. The van der Waals surface area contributed by atoms with Crippen LogP contribution in [0.3, 0.4) is 0 Å². The van der Waals surface area contributed by atoms with Crippen LogP contribution in [0.25, 0.3) is 11.0 Å². The number of rotatable bonds is 4. The number of aromatic nitrogens is 2. The average molecular weight is 319 g/mol. The Hall–Kier alpha value is -2.95. The van der Waals surface area contributed by atoms with Gasteiger partial charge in [0.05, 0.1) is 17.2 Å². The molecule has 24 heavy (non-hydrogen) atoms. The molecule has 2 atom stereocenters. The first-order chi connectivity index (χ1) is 11.7. The van der Waals surface area contributed by atoms with Crippen molar-refractivity contribution < 1.29 is 4.79 Å². The summed E-state index contributed by atoms with van der Waals surface area (Å²) in [4.78, 5) is 28.5. The van der Waals surface area contributed by atoms with Crippen LogP contribution in [-0.2, 0) is 11.3 Å². The van der Waals surface area contributed by atoms with E-state index in [1.807, 2.05) is 36.4 Å². The summed E-state index contributed by atoms with van der Waals surface area (Å²) < 4.78 is 1.47. The molecule has 3 aromatic rings. The zero-order chi connectivity index (χ0) is 16.5. The molecule has 4 rings (SSSR count). The molecule has 0 unspecified atom stereocenters. The van der Waals surface area contributed by atoms with Crippen molar-refractivity contribution in [1.82, 2.24) is 14.9 Å². The molecule has 120 valence electrons. The summed E-state index contributed by atoms with van der Waals surface area (Å²) in [5, 5.41) is 3.02. The van der Waals surface area contributed by atoms with Gasteiger partial charge in [-0.05, 0) is 24.1 Å². The molecule has 0 aliphatic heterocycles. The molecule has 0 radical (unpaired) electrons. The maximum atomic E-state index is 12.3. The maximum Gasteiger partial charge on any atom is 0.269 e. The second-order valence-corrected chi connectivity index (χ2v) is 6.10. The van der Waals surface area contributed by atoms with E-state index >= 15 is 0 Å². The van der Waals surface area contributed by atoms with E-state index in [1.165, 1.54) is 16.3 Å². The van der Waals surface area contributed by atoms with Gasteiger partial charge in [-0.2, -0.15) is 0 Å². The van der Waals surface area contributed by atoms with Crippen molar-refractivity contribution in [3.8, 4) is 0 Å². The molecule has 0 spiro atoms. The molecule has 1 aliphatic rings. The van der Waals surface area contributed by atoms with Gasteiger partial charge in [-0.15, -0.1) is 0 Å². The van der Waals surface area contributed by atoms with Gasteiger partial charge in [0.1, 0.15) is 6.54 Å². The van der Waals surface area contributed by atoms with Crippen molar-refractivity contribution in [2.24, 2.45) is 0 Å². The van der Waals surface area contributed by atoms with Crippen LogP contribution in [0, 0.1) is 0 Å². The second-order valence-electron chi connectivity index (χ2n) is 6.10. The Morgan fingerprint density at radius 1 is 1.12 bits per heavy atom. The highest BCUT2D eigenvalue weighted by Crippen LogP contribution is 2.40. The van der Waals surface area contributed by atoms with Crippen LogP contribution in [0.5, 0.6) is 0 Å². The van der Waals surface area contributed by atoms with Gasteiger partial charge in [0.2, 0.25) is 5.91 Å². The summed E-state index contributed by atoms with van der Waals surface area (Å²) in [5.41, 5.74) is 2.36. The molecule has 1 amide bonds. The summed E-state index contributed by atoms with van der Waals surface area (Å²) in [7, 11) is 0. The molecule has 1 aromatic heterocycles. The van der Waals surface area contributed by atoms with E-state index in [4.69, 9.17) is 0 Å². The van der Waals surface area contributed by atoms with Gasteiger partial charge in [-0.3, -0.25) is 14.2 Å². The lowest BCUT2D eigenvalue weighted by molar-refractivity contribution is -0.121. The maximum absolute atomic E-state index is 12.3. The van der Waals surface area contributed by atoms with Crippen molar-refractivity contribution in [2.75, 3.05) is 0 Å². The Balaban J connectivity index is 1.48. The highest BCUT2D eigenvalue weighted by atomic mass is 16.2. The highest BCUT2D eigenvalue weighted by Gasteiger charge is 2.39. The number of benzene rings is 2. The Bertz CT molecular complexity index is 949. The Kier molecular flexibility index (Phi) is 3.61. The SMILES string of the molecule is O=C(Cn1c(=O)cnc2ccccc21)N[C@@H]1C[C@@H]1c1ccccc1. The first-order valence-corrected chi connectivity index (χ1v) is 8.01. The van der Waals surface area contributed by atoms with E-state index < -0.39 is 0 Å². The Labute approximate surface area is 139 Å². The fourth-order valence-corrected chi connectivity index (χ4v) is 3.10. The fraction of sp³-hybridized carbons (Fsp3) is 0.211. The number of hydrogen-bond donors (Lipinski definition) is 1. The lowest BCUT2D eigenvalue weighted by atomic mass is 10.1. The van der Waals surface area contributed by atoms with Crippen molar-refractivity contribution >= 4 is 16.9 Å². The smallest absolute Gasteiger partial charge is 0.269 e. The number of carbonyl (C=O) groups is 1. The highest BCUT2D eigenvalue weighted by molar-refractivity contribution is 5.80. The minimum absolute atomic E-state index is 0.0138. The third kappa shape index (κ3) is 2.80. The number of para-hydroxylation sites is 2. The number of carbonyl (C=O) groups excluding carboxylic acids is 1. The molecule has 1 saturated carbocycles. The van der Waals surface area contributed by atoms with E-state index in [-0.39, 0.29) is 24.1 Å². The van der Waals surface area contributed by atoms with Crippen LogP contribution in [0.4, 0.5) is 0 Å². The molecule has 1 heterocycles. The molecule has 1 fully saturated rings. The predicted octanol–water partition coefficient (Wildman–Crippen LogP) is 2.07. The zero-order valence-electron chi connectivity index (χ0n) is 13.1. The predicted molar refractivity (Wildman–Crippen MR) is 91.7 cm³/mol. The standard InChI is InChI=1S/C19H17N3O2/c23-18(21-16-10-14(16)13-6-2-1-3-7-13)12-22-17-9-5-4-8-15(17)20-11-19(22)24/h1-9,11,14,16H,10,12H2,(H,21,23)/t14-,16-/m1/s1. The van der Waals surface area contributed by atoms with Gasteiger partial charge in [-0.1, -0.05) is 42.5 Å². The van der Waals surface area contributed by atoms with E-state index in [1.54, 1.807) is 6.07 Å². The topological polar surface area (TPSA) is 64.0 Å². The Morgan fingerprint density at radius 2 is 1.88 bits per heavy atom. The van der Waals surface area contributed by atoms with Gasteiger partial charge in [-0.25, -0.2) is 4.98 Å². The molecule has 5 nitrogen and oxygen atoms in total. The average Bonchev–Trinajstić information content (AvgIpc) is 3.37. The van der Waals surface area contributed by atoms with Gasteiger partial charge in [0.25, 0.3) is 5.56 Å². The molecule has 0 saturated heterocycles. The van der Waals surface area contributed by atoms with Crippen molar-refractivity contribution in [2.45, 2.75) is 24.9 Å². The number of hydrogen-bond acceptors (Lipinski definition) is 3. The lowest BCUT2D eigenvalue weighted by Gasteiger charge is -2.10. The number of nitrogens with one attached hydrogen (secondary N) is 1. The van der Waals surface area contributed by atoms with Crippen molar-refractivity contribution in [1.29, 1.82) is 0 Å². The van der Waals surface area contributed by atoms with Crippen molar-refractivity contribution in [3.05, 3.63) is 76.7 Å². The summed E-state index contributed by atoms with van der Waals surface area (Å²) in [5.74, 6) is 0.234. The third-order valence-electron chi connectivity index (χ3n) is 4.42. The first kappa shape index (κ1) is 14.6. The van der Waals surface area contributed by atoms with E-state index in [2.05, 4.69) is 22.4 Å².